The van der Waals surface area contributed by atoms with Crippen LogP contribution in [0.1, 0.15) is 31.4 Å². The lowest BCUT2D eigenvalue weighted by molar-refractivity contribution is -0.0582. The largest absolute Gasteiger partial charge is 0.490 e. The molecule has 0 saturated heterocycles. The number of nitrogens with zero attached hydrogens (tertiary/aromatic N) is 1. The number of pyridine rings is 1. The molecule has 0 spiro atoms. The molecule has 1 aromatic heterocycles. The fourth-order valence-electron chi connectivity index (χ4n) is 1.94. The fourth-order valence-corrected chi connectivity index (χ4v) is 1.94. The molecule has 0 amide bonds. The number of hydrogen-bond donors (Lipinski definition) is 1. The van der Waals surface area contributed by atoms with E-state index in [1.807, 2.05) is 0 Å². The van der Waals surface area contributed by atoms with Crippen LogP contribution < -0.4 is 4.74 Å². The molecule has 0 aromatic carbocycles. The van der Waals surface area contributed by atoms with Crippen LogP contribution in [0.3, 0.4) is 0 Å². The van der Waals surface area contributed by atoms with E-state index in [4.69, 9.17) is 9.84 Å². The number of rotatable bonds is 3. The number of alkyl halides is 2. The van der Waals surface area contributed by atoms with Crippen molar-refractivity contribution in [1.82, 2.24) is 4.98 Å². The molecule has 0 unspecified atom stereocenters. The molecular formula is C12H15F2NO2. The van der Waals surface area contributed by atoms with Crippen LogP contribution in [0.2, 0.25) is 0 Å². The molecule has 1 aliphatic rings. The van der Waals surface area contributed by atoms with Gasteiger partial charge in [-0.05, 0) is 18.9 Å². The highest BCUT2D eigenvalue weighted by molar-refractivity contribution is 5.22. The summed E-state index contributed by atoms with van der Waals surface area (Å²) in [4.78, 5) is 3.92. The van der Waals surface area contributed by atoms with Gasteiger partial charge in [0.2, 0.25) is 5.92 Å². The van der Waals surface area contributed by atoms with Crippen LogP contribution in [0.15, 0.2) is 18.3 Å². The number of ether oxygens (including phenoxy) is 1. The molecule has 1 saturated carbocycles. The Balaban J connectivity index is 1.93. The lowest BCUT2D eigenvalue weighted by atomic mass is 9.94. The molecule has 3 nitrogen and oxygen atoms in total. The van der Waals surface area contributed by atoms with Crippen molar-refractivity contribution >= 4 is 0 Å². The van der Waals surface area contributed by atoms with Crippen LogP contribution >= 0.6 is 0 Å². The molecule has 0 aliphatic heterocycles. The minimum atomic E-state index is -2.53. The zero-order valence-corrected chi connectivity index (χ0v) is 9.40. The van der Waals surface area contributed by atoms with Crippen molar-refractivity contribution in [2.75, 3.05) is 0 Å². The van der Waals surface area contributed by atoms with E-state index in [1.165, 1.54) is 6.20 Å². The predicted molar refractivity (Wildman–Crippen MR) is 58.0 cm³/mol. The number of halogens is 2. The average Bonchev–Trinajstić information content (AvgIpc) is 2.32. The molecule has 1 aromatic rings. The van der Waals surface area contributed by atoms with Crippen molar-refractivity contribution < 1.29 is 18.6 Å². The summed E-state index contributed by atoms with van der Waals surface area (Å²) in [7, 11) is 0. The zero-order valence-electron chi connectivity index (χ0n) is 9.40. The Morgan fingerprint density at radius 1 is 1.41 bits per heavy atom. The standard InChI is InChI=1S/C12H15F2NO2/c13-12(14)4-1-10(2-5-12)17-11-3-6-15-9(7-11)8-16/h3,6-7,10,16H,1-2,4-5,8H2. The second-order valence-electron chi connectivity index (χ2n) is 4.31. The summed E-state index contributed by atoms with van der Waals surface area (Å²) in [5, 5.41) is 8.92. The Bertz CT molecular complexity index is 375. The first kappa shape index (κ1) is 12.2. The maximum Gasteiger partial charge on any atom is 0.248 e. The molecule has 1 fully saturated rings. The maximum atomic E-state index is 12.9. The maximum absolute atomic E-state index is 12.9. The first-order valence-electron chi connectivity index (χ1n) is 5.69. The Morgan fingerprint density at radius 2 is 2.12 bits per heavy atom. The SMILES string of the molecule is OCc1cc(OC2CCC(F)(F)CC2)ccn1. The van der Waals surface area contributed by atoms with E-state index < -0.39 is 5.92 Å². The van der Waals surface area contributed by atoms with Gasteiger partial charge in [0, 0.05) is 25.1 Å². The summed E-state index contributed by atoms with van der Waals surface area (Å²) in [5.41, 5.74) is 0.517. The molecule has 94 valence electrons. The lowest BCUT2D eigenvalue weighted by Crippen LogP contribution is -2.30. The summed E-state index contributed by atoms with van der Waals surface area (Å²) < 4.78 is 31.5. The third kappa shape index (κ3) is 3.36. The highest BCUT2D eigenvalue weighted by Crippen LogP contribution is 2.34. The Kier molecular flexibility index (Phi) is 3.57. The summed E-state index contributed by atoms with van der Waals surface area (Å²) in [6.45, 7) is -0.153. The number of aliphatic hydroxyl groups is 1. The first-order valence-corrected chi connectivity index (χ1v) is 5.69. The lowest BCUT2D eigenvalue weighted by Gasteiger charge is -2.28. The molecular weight excluding hydrogens is 228 g/mol. The van der Waals surface area contributed by atoms with E-state index in [9.17, 15) is 8.78 Å². The van der Waals surface area contributed by atoms with Crippen molar-refractivity contribution in [2.45, 2.75) is 44.3 Å². The van der Waals surface area contributed by atoms with Gasteiger partial charge < -0.3 is 9.84 Å². The van der Waals surface area contributed by atoms with Crippen molar-refractivity contribution in [3.8, 4) is 5.75 Å². The molecule has 2 rings (SSSR count). The predicted octanol–water partition coefficient (Wildman–Crippen LogP) is 2.53. The van der Waals surface area contributed by atoms with Crippen LogP contribution in [-0.2, 0) is 6.61 Å². The summed E-state index contributed by atoms with van der Waals surface area (Å²) >= 11 is 0. The first-order chi connectivity index (χ1) is 8.09. The monoisotopic (exact) mass is 243 g/mol. The topological polar surface area (TPSA) is 42.4 Å². The quantitative estimate of drug-likeness (QED) is 0.887. The van der Waals surface area contributed by atoms with Crippen LogP contribution in [0.5, 0.6) is 5.75 Å². The van der Waals surface area contributed by atoms with E-state index in [1.54, 1.807) is 12.1 Å². The highest BCUT2D eigenvalue weighted by atomic mass is 19.3. The van der Waals surface area contributed by atoms with Gasteiger partial charge in [0.1, 0.15) is 5.75 Å². The number of aliphatic hydroxyl groups excluding tert-OH is 1. The van der Waals surface area contributed by atoms with Crippen molar-refractivity contribution in [3.63, 3.8) is 0 Å². The van der Waals surface area contributed by atoms with Gasteiger partial charge in [0.05, 0.1) is 18.4 Å². The average molecular weight is 243 g/mol. The van der Waals surface area contributed by atoms with E-state index >= 15 is 0 Å². The van der Waals surface area contributed by atoms with Crippen LogP contribution in [-0.4, -0.2) is 22.1 Å². The van der Waals surface area contributed by atoms with Crippen molar-refractivity contribution in [3.05, 3.63) is 24.0 Å². The van der Waals surface area contributed by atoms with Crippen molar-refractivity contribution in [2.24, 2.45) is 0 Å². The van der Waals surface area contributed by atoms with Gasteiger partial charge in [-0.25, -0.2) is 8.78 Å². The second kappa shape index (κ2) is 4.96. The van der Waals surface area contributed by atoms with Crippen LogP contribution in [0.4, 0.5) is 8.78 Å². The third-order valence-electron chi connectivity index (χ3n) is 2.92. The van der Waals surface area contributed by atoms with E-state index in [-0.39, 0.29) is 25.6 Å². The molecule has 1 heterocycles. The molecule has 0 radical (unpaired) electrons. The third-order valence-corrected chi connectivity index (χ3v) is 2.92. The van der Waals surface area contributed by atoms with E-state index in [0.29, 0.717) is 24.3 Å². The van der Waals surface area contributed by atoms with Gasteiger partial charge in [-0.15, -0.1) is 0 Å². The Morgan fingerprint density at radius 3 is 2.76 bits per heavy atom. The molecule has 1 N–H and O–H groups in total. The van der Waals surface area contributed by atoms with Crippen LogP contribution in [0, 0.1) is 0 Å². The molecule has 1 aliphatic carbocycles. The van der Waals surface area contributed by atoms with E-state index in [0.717, 1.165) is 0 Å². The molecule has 17 heavy (non-hydrogen) atoms. The van der Waals surface area contributed by atoms with Gasteiger partial charge in [0.15, 0.2) is 0 Å². The van der Waals surface area contributed by atoms with Gasteiger partial charge >= 0.3 is 0 Å². The van der Waals surface area contributed by atoms with Gasteiger partial charge in [0.25, 0.3) is 0 Å². The summed E-state index contributed by atoms with van der Waals surface area (Å²) in [6.07, 6.45) is 1.88. The van der Waals surface area contributed by atoms with Gasteiger partial charge in [-0.3, -0.25) is 4.98 Å². The van der Waals surface area contributed by atoms with E-state index in [2.05, 4.69) is 4.98 Å². The Hall–Kier alpha value is -1.23. The number of aromatic nitrogens is 1. The smallest absolute Gasteiger partial charge is 0.248 e. The van der Waals surface area contributed by atoms with Crippen molar-refractivity contribution in [1.29, 1.82) is 0 Å². The minimum Gasteiger partial charge on any atom is -0.490 e. The highest BCUT2D eigenvalue weighted by Gasteiger charge is 2.35. The van der Waals surface area contributed by atoms with Gasteiger partial charge in [-0.1, -0.05) is 0 Å². The summed E-state index contributed by atoms with van der Waals surface area (Å²) in [6, 6.07) is 3.30. The number of hydrogen-bond acceptors (Lipinski definition) is 3. The van der Waals surface area contributed by atoms with Crippen LogP contribution in [0.25, 0.3) is 0 Å². The zero-order chi connectivity index (χ0) is 12.3. The fraction of sp³-hybridized carbons (Fsp3) is 0.583. The minimum absolute atomic E-state index is 0.115. The molecule has 5 heteroatoms. The molecule has 0 bridgehead atoms. The van der Waals surface area contributed by atoms with Gasteiger partial charge in [-0.2, -0.15) is 0 Å². The Labute approximate surface area is 98.4 Å². The normalized spacial score (nSPS) is 20.2. The second-order valence-corrected chi connectivity index (χ2v) is 4.31. The molecule has 0 atom stereocenters. The summed E-state index contributed by atoms with van der Waals surface area (Å²) in [5.74, 6) is -1.95.